The molecule has 1 atom stereocenters. The fourth-order valence-electron chi connectivity index (χ4n) is 1.98. The molecule has 3 N–H and O–H groups in total. The van der Waals surface area contributed by atoms with Crippen molar-refractivity contribution in [1.82, 2.24) is 4.98 Å². The average molecular weight is 216 g/mol. The van der Waals surface area contributed by atoms with Crippen molar-refractivity contribution in [3.05, 3.63) is 36.0 Å². The summed E-state index contributed by atoms with van der Waals surface area (Å²) in [6.07, 6.45) is 4.22. The topological polar surface area (TPSA) is 41.8 Å². The molecule has 1 aromatic carbocycles. The van der Waals surface area contributed by atoms with Crippen LogP contribution in [-0.4, -0.2) is 4.98 Å². The van der Waals surface area contributed by atoms with Crippen LogP contribution in [-0.2, 0) is 0 Å². The van der Waals surface area contributed by atoms with Crippen LogP contribution in [0.5, 0.6) is 0 Å². The third kappa shape index (κ3) is 2.45. The van der Waals surface area contributed by atoms with Gasteiger partial charge in [-0.1, -0.05) is 19.9 Å². The SMILES string of the molecule is CC(C)CC[C@@H](N)c1ccc2[nH]ccc2c1. The monoisotopic (exact) mass is 216 g/mol. The van der Waals surface area contributed by atoms with Gasteiger partial charge in [0.05, 0.1) is 0 Å². The molecule has 2 nitrogen and oxygen atoms in total. The molecule has 86 valence electrons. The zero-order valence-corrected chi connectivity index (χ0v) is 10.0. The lowest BCUT2D eigenvalue weighted by Crippen LogP contribution is -2.11. The Kier molecular flexibility index (Phi) is 3.30. The van der Waals surface area contributed by atoms with E-state index < -0.39 is 0 Å². The van der Waals surface area contributed by atoms with Gasteiger partial charge in [0.25, 0.3) is 0 Å². The van der Waals surface area contributed by atoms with E-state index in [1.165, 1.54) is 22.9 Å². The first-order valence-corrected chi connectivity index (χ1v) is 5.99. The number of nitrogens with two attached hydrogens (primary N) is 1. The lowest BCUT2D eigenvalue weighted by molar-refractivity contribution is 0.507. The van der Waals surface area contributed by atoms with Crippen molar-refractivity contribution in [2.45, 2.75) is 32.7 Å². The third-order valence-electron chi connectivity index (χ3n) is 3.06. The molecule has 0 aliphatic heterocycles. The first-order chi connectivity index (χ1) is 7.66. The number of aromatic amines is 1. The zero-order chi connectivity index (χ0) is 11.5. The second-order valence-electron chi connectivity index (χ2n) is 4.90. The number of rotatable bonds is 4. The Labute approximate surface area is 96.9 Å². The number of fused-ring (bicyclic) bond motifs is 1. The molecule has 2 aromatic rings. The van der Waals surface area contributed by atoms with Crippen molar-refractivity contribution < 1.29 is 0 Å². The van der Waals surface area contributed by atoms with Crippen molar-refractivity contribution in [3.63, 3.8) is 0 Å². The summed E-state index contributed by atoms with van der Waals surface area (Å²) in [5.74, 6) is 0.724. The third-order valence-corrected chi connectivity index (χ3v) is 3.06. The van der Waals surface area contributed by atoms with Gasteiger partial charge in [-0.15, -0.1) is 0 Å². The van der Waals surface area contributed by atoms with Gasteiger partial charge in [-0.25, -0.2) is 0 Å². The summed E-state index contributed by atoms with van der Waals surface area (Å²) in [5.41, 5.74) is 8.62. The Morgan fingerprint density at radius 1 is 1.19 bits per heavy atom. The molecule has 2 heteroatoms. The van der Waals surface area contributed by atoms with Crippen LogP contribution in [0.25, 0.3) is 10.9 Å². The molecule has 1 heterocycles. The highest BCUT2D eigenvalue weighted by Gasteiger charge is 2.07. The van der Waals surface area contributed by atoms with Crippen molar-refractivity contribution in [2.75, 3.05) is 0 Å². The Bertz CT molecular complexity index is 456. The second kappa shape index (κ2) is 4.71. The van der Waals surface area contributed by atoms with E-state index in [2.05, 4.69) is 43.1 Å². The second-order valence-corrected chi connectivity index (χ2v) is 4.90. The Hall–Kier alpha value is -1.28. The maximum absolute atomic E-state index is 6.19. The van der Waals surface area contributed by atoms with E-state index in [0.717, 1.165) is 12.3 Å². The van der Waals surface area contributed by atoms with Crippen molar-refractivity contribution in [3.8, 4) is 0 Å². The van der Waals surface area contributed by atoms with E-state index in [9.17, 15) is 0 Å². The molecule has 0 unspecified atom stereocenters. The highest BCUT2D eigenvalue weighted by atomic mass is 14.7. The van der Waals surface area contributed by atoms with Gasteiger partial charge >= 0.3 is 0 Å². The van der Waals surface area contributed by atoms with Crippen LogP contribution in [0.4, 0.5) is 0 Å². The Morgan fingerprint density at radius 3 is 2.75 bits per heavy atom. The number of aromatic nitrogens is 1. The van der Waals surface area contributed by atoms with Gasteiger partial charge in [0.1, 0.15) is 0 Å². The summed E-state index contributed by atoms with van der Waals surface area (Å²) < 4.78 is 0. The van der Waals surface area contributed by atoms with Gasteiger partial charge in [-0.3, -0.25) is 0 Å². The molecule has 0 saturated carbocycles. The summed E-state index contributed by atoms with van der Waals surface area (Å²) in [5, 5.41) is 1.25. The van der Waals surface area contributed by atoms with Crippen LogP contribution in [0.2, 0.25) is 0 Å². The summed E-state index contributed by atoms with van der Waals surface area (Å²) in [6.45, 7) is 4.48. The zero-order valence-electron chi connectivity index (χ0n) is 10.0. The van der Waals surface area contributed by atoms with Crippen LogP contribution in [0, 0.1) is 5.92 Å². The van der Waals surface area contributed by atoms with Gasteiger partial charge in [0.2, 0.25) is 0 Å². The number of hydrogen-bond acceptors (Lipinski definition) is 1. The number of hydrogen-bond donors (Lipinski definition) is 2. The molecular weight excluding hydrogens is 196 g/mol. The minimum Gasteiger partial charge on any atom is -0.361 e. The minimum atomic E-state index is 0.168. The van der Waals surface area contributed by atoms with Gasteiger partial charge in [-0.2, -0.15) is 0 Å². The lowest BCUT2D eigenvalue weighted by Gasteiger charge is -2.13. The quantitative estimate of drug-likeness (QED) is 0.805. The maximum atomic E-state index is 6.19. The van der Waals surface area contributed by atoms with Crippen LogP contribution in [0.3, 0.4) is 0 Å². The van der Waals surface area contributed by atoms with E-state index in [1.54, 1.807) is 0 Å². The first-order valence-electron chi connectivity index (χ1n) is 5.99. The predicted octanol–water partition coefficient (Wildman–Crippen LogP) is 3.60. The normalized spacial score (nSPS) is 13.5. The summed E-state index contributed by atoms with van der Waals surface area (Å²) >= 11 is 0. The number of nitrogens with one attached hydrogen (secondary N) is 1. The lowest BCUT2D eigenvalue weighted by atomic mass is 9.97. The largest absolute Gasteiger partial charge is 0.361 e. The van der Waals surface area contributed by atoms with Crippen LogP contribution in [0.1, 0.15) is 38.3 Å². The molecule has 0 fully saturated rings. The minimum absolute atomic E-state index is 0.168. The highest BCUT2D eigenvalue weighted by molar-refractivity contribution is 5.80. The van der Waals surface area contributed by atoms with E-state index >= 15 is 0 Å². The molecule has 0 amide bonds. The molecule has 1 aromatic heterocycles. The molecular formula is C14H20N2. The van der Waals surface area contributed by atoms with E-state index in [-0.39, 0.29) is 6.04 Å². The smallest absolute Gasteiger partial charge is 0.0454 e. The molecule has 16 heavy (non-hydrogen) atoms. The maximum Gasteiger partial charge on any atom is 0.0454 e. The molecule has 0 aliphatic rings. The fraction of sp³-hybridized carbons (Fsp3) is 0.429. The molecule has 0 radical (unpaired) electrons. The van der Waals surface area contributed by atoms with Crippen molar-refractivity contribution >= 4 is 10.9 Å². The van der Waals surface area contributed by atoms with Gasteiger partial charge < -0.3 is 10.7 Å². The van der Waals surface area contributed by atoms with Gasteiger partial charge in [0, 0.05) is 17.8 Å². The molecule has 0 aliphatic carbocycles. The Balaban J connectivity index is 2.12. The van der Waals surface area contributed by atoms with Crippen molar-refractivity contribution in [2.24, 2.45) is 11.7 Å². The van der Waals surface area contributed by atoms with E-state index in [4.69, 9.17) is 5.73 Å². The summed E-state index contributed by atoms with van der Waals surface area (Å²) in [7, 11) is 0. The van der Waals surface area contributed by atoms with Crippen LogP contribution < -0.4 is 5.73 Å². The predicted molar refractivity (Wildman–Crippen MR) is 69.3 cm³/mol. The first kappa shape index (κ1) is 11.2. The molecule has 0 bridgehead atoms. The van der Waals surface area contributed by atoms with E-state index in [0.29, 0.717) is 0 Å². The standard InChI is InChI=1S/C14H20N2/c1-10(2)3-5-13(15)11-4-6-14-12(9-11)7-8-16-14/h4,6-10,13,16H,3,5,15H2,1-2H3/t13-/m1/s1. The Morgan fingerprint density at radius 2 is 2.00 bits per heavy atom. The molecule has 0 spiro atoms. The summed E-state index contributed by atoms with van der Waals surface area (Å²) in [4.78, 5) is 3.20. The molecule has 0 saturated heterocycles. The van der Waals surface area contributed by atoms with Crippen LogP contribution >= 0.6 is 0 Å². The average Bonchev–Trinajstić information content (AvgIpc) is 2.72. The molecule has 2 rings (SSSR count). The number of H-pyrrole nitrogens is 1. The van der Waals surface area contributed by atoms with Gasteiger partial charge in [-0.05, 0) is 47.9 Å². The van der Waals surface area contributed by atoms with Gasteiger partial charge in [0.15, 0.2) is 0 Å². The van der Waals surface area contributed by atoms with Crippen molar-refractivity contribution in [1.29, 1.82) is 0 Å². The fourth-order valence-corrected chi connectivity index (χ4v) is 1.98. The summed E-state index contributed by atoms with van der Waals surface area (Å²) in [6, 6.07) is 8.69. The van der Waals surface area contributed by atoms with E-state index in [1.807, 2.05) is 6.20 Å². The van der Waals surface area contributed by atoms with Crippen LogP contribution in [0.15, 0.2) is 30.5 Å². The highest BCUT2D eigenvalue weighted by Crippen LogP contribution is 2.22. The number of benzene rings is 1.